The molecular formula is C32H45NO6. The number of allylic oxidation sites excluding steroid dienone is 1. The maximum atomic E-state index is 13.6. The number of ether oxygens (including phenoxy) is 3. The van der Waals surface area contributed by atoms with Crippen LogP contribution in [0.15, 0.2) is 52.8 Å². The highest BCUT2D eigenvalue weighted by Crippen LogP contribution is 2.63. The van der Waals surface area contributed by atoms with Crippen molar-refractivity contribution in [2.75, 3.05) is 27.2 Å². The van der Waals surface area contributed by atoms with Crippen molar-refractivity contribution in [2.24, 2.45) is 22.7 Å². The molecule has 7 atom stereocenters. The summed E-state index contributed by atoms with van der Waals surface area (Å²) in [5.41, 5.74) is 1.02. The molecular weight excluding hydrogens is 494 g/mol. The molecule has 0 spiro atoms. The highest BCUT2D eigenvalue weighted by molar-refractivity contribution is 5.90. The van der Waals surface area contributed by atoms with Crippen LogP contribution in [0.1, 0.15) is 70.7 Å². The van der Waals surface area contributed by atoms with Crippen LogP contribution in [0, 0.1) is 22.7 Å². The van der Waals surface area contributed by atoms with E-state index in [0.717, 1.165) is 24.0 Å². The van der Waals surface area contributed by atoms with E-state index in [1.807, 2.05) is 37.2 Å². The Bertz CT molecular complexity index is 1170. The highest BCUT2D eigenvalue weighted by Gasteiger charge is 2.64. The SMILES string of the molecule is CC1=C2C(C)[C@@H](O[C@@H](O)CN(C)C)[C@]3(C)CCC4OC[C@H]4/C3=C(\OC(=O)c3ccccc3)[C@](O)(CC1)C2(C)C. The molecule has 7 heteroatoms. The fourth-order valence-electron chi connectivity index (χ4n) is 8.12. The molecule has 0 radical (unpaired) electrons. The van der Waals surface area contributed by atoms with Gasteiger partial charge in [0.15, 0.2) is 6.29 Å². The maximum absolute atomic E-state index is 13.6. The quantitative estimate of drug-likeness (QED) is 0.308. The molecule has 214 valence electrons. The van der Waals surface area contributed by atoms with Crippen LogP contribution in [0.25, 0.3) is 0 Å². The van der Waals surface area contributed by atoms with Crippen LogP contribution in [0.2, 0.25) is 0 Å². The number of hydrogen-bond donors (Lipinski definition) is 2. The van der Waals surface area contributed by atoms with Crippen molar-refractivity contribution in [3.8, 4) is 0 Å². The zero-order chi connectivity index (χ0) is 28.3. The van der Waals surface area contributed by atoms with Crippen LogP contribution in [-0.4, -0.2) is 72.4 Å². The summed E-state index contributed by atoms with van der Waals surface area (Å²) in [7, 11) is 3.83. The molecule has 4 aliphatic rings. The summed E-state index contributed by atoms with van der Waals surface area (Å²) in [6, 6.07) is 8.97. The lowest BCUT2D eigenvalue weighted by molar-refractivity contribution is -0.208. The third-order valence-corrected chi connectivity index (χ3v) is 10.1. The molecule has 1 aliphatic heterocycles. The molecule has 2 N–H and O–H groups in total. The molecule has 1 heterocycles. The summed E-state index contributed by atoms with van der Waals surface area (Å²) < 4.78 is 19.0. The molecule has 1 saturated carbocycles. The van der Waals surface area contributed by atoms with Crippen LogP contribution in [0.4, 0.5) is 0 Å². The monoisotopic (exact) mass is 539 g/mol. The number of carbonyl (C=O) groups excluding carboxylic acids is 1. The predicted octanol–water partition coefficient (Wildman–Crippen LogP) is 4.70. The van der Waals surface area contributed by atoms with Crippen LogP contribution >= 0.6 is 0 Å². The van der Waals surface area contributed by atoms with Gasteiger partial charge in [-0.1, -0.05) is 57.0 Å². The zero-order valence-electron chi connectivity index (χ0n) is 24.5. The number of benzene rings is 1. The van der Waals surface area contributed by atoms with Gasteiger partial charge in [-0.05, 0) is 64.4 Å². The fraction of sp³-hybridized carbons (Fsp3) is 0.656. The first-order valence-electron chi connectivity index (χ1n) is 14.4. The van der Waals surface area contributed by atoms with Gasteiger partial charge in [0.05, 0.1) is 24.4 Å². The van der Waals surface area contributed by atoms with E-state index in [9.17, 15) is 15.0 Å². The number of likely N-dealkylation sites (N-methyl/N-ethyl adjacent to an activating group) is 1. The van der Waals surface area contributed by atoms with Gasteiger partial charge in [-0.15, -0.1) is 0 Å². The predicted molar refractivity (Wildman–Crippen MR) is 149 cm³/mol. The van der Waals surface area contributed by atoms with E-state index < -0.39 is 28.7 Å². The Morgan fingerprint density at radius 3 is 2.46 bits per heavy atom. The van der Waals surface area contributed by atoms with Gasteiger partial charge in [-0.2, -0.15) is 0 Å². The number of esters is 1. The number of aliphatic hydroxyl groups excluding tert-OH is 1. The van der Waals surface area contributed by atoms with E-state index >= 15 is 0 Å². The Morgan fingerprint density at radius 2 is 1.85 bits per heavy atom. The van der Waals surface area contributed by atoms with Crippen LogP contribution < -0.4 is 0 Å². The van der Waals surface area contributed by atoms with Gasteiger partial charge in [0.1, 0.15) is 11.4 Å². The van der Waals surface area contributed by atoms with Gasteiger partial charge in [0.2, 0.25) is 0 Å². The molecule has 3 aliphatic carbocycles. The molecule has 1 aromatic carbocycles. The number of hydrogen-bond acceptors (Lipinski definition) is 7. The Hall–Kier alpha value is -2.03. The fourth-order valence-corrected chi connectivity index (χ4v) is 8.12. The van der Waals surface area contributed by atoms with Crippen LogP contribution in [-0.2, 0) is 14.2 Å². The number of rotatable bonds is 6. The molecule has 39 heavy (non-hydrogen) atoms. The molecule has 2 bridgehead atoms. The number of fused-ring (bicyclic) bond motifs is 5. The summed E-state index contributed by atoms with van der Waals surface area (Å²) in [6.45, 7) is 11.5. The third-order valence-electron chi connectivity index (χ3n) is 10.1. The lowest BCUT2D eigenvalue weighted by Crippen LogP contribution is -2.62. The van der Waals surface area contributed by atoms with Crippen molar-refractivity contribution < 1.29 is 29.2 Å². The van der Waals surface area contributed by atoms with Gasteiger partial charge in [-0.25, -0.2) is 4.79 Å². The third kappa shape index (κ3) is 4.51. The molecule has 1 aromatic rings. The summed E-state index contributed by atoms with van der Waals surface area (Å²) in [4.78, 5) is 15.5. The summed E-state index contributed by atoms with van der Waals surface area (Å²) in [6.07, 6.45) is 1.39. The van der Waals surface area contributed by atoms with Crippen molar-refractivity contribution in [2.45, 2.75) is 84.4 Å². The summed E-state index contributed by atoms with van der Waals surface area (Å²) >= 11 is 0. The first-order valence-corrected chi connectivity index (χ1v) is 14.4. The van der Waals surface area contributed by atoms with Crippen LogP contribution in [0.3, 0.4) is 0 Å². The molecule has 0 amide bonds. The van der Waals surface area contributed by atoms with E-state index in [2.05, 4.69) is 34.6 Å². The largest absolute Gasteiger partial charge is 0.424 e. The van der Waals surface area contributed by atoms with Gasteiger partial charge in [-0.3, -0.25) is 0 Å². The summed E-state index contributed by atoms with van der Waals surface area (Å²) in [5, 5.41) is 23.9. The second kappa shape index (κ2) is 10.1. The van der Waals surface area contributed by atoms with Crippen molar-refractivity contribution in [3.05, 3.63) is 58.4 Å². The second-order valence-corrected chi connectivity index (χ2v) is 13.2. The standard InChI is InChI=1S/C32H45NO6/c1-19-13-16-32(36)28(39-29(35)21-11-9-8-10-12-21)26-22-18-37-23(22)14-15-31(26,5)27(38-24(34)17-33(6)7)20(2)25(19)30(32,3)4/h8-12,20,22-24,27,34,36H,13-18H2,1-7H3/b28-26+/t20?,22-,23?,24-,27-,31-,32-/m1/s1. The highest BCUT2D eigenvalue weighted by atomic mass is 16.6. The minimum absolute atomic E-state index is 0.0139. The molecule has 0 aromatic heterocycles. The van der Waals surface area contributed by atoms with Gasteiger partial charge >= 0.3 is 5.97 Å². The number of aliphatic hydroxyl groups is 2. The Balaban J connectivity index is 1.75. The minimum Gasteiger partial charge on any atom is -0.424 e. The van der Waals surface area contributed by atoms with Crippen LogP contribution in [0.5, 0.6) is 0 Å². The van der Waals surface area contributed by atoms with Crippen molar-refractivity contribution in [1.29, 1.82) is 0 Å². The molecule has 1 saturated heterocycles. The van der Waals surface area contributed by atoms with E-state index in [1.54, 1.807) is 12.1 Å². The van der Waals surface area contributed by atoms with E-state index in [1.165, 1.54) is 5.57 Å². The maximum Gasteiger partial charge on any atom is 0.343 e. The Morgan fingerprint density at radius 1 is 1.15 bits per heavy atom. The first kappa shape index (κ1) is 28.5. The molecule has 2 fully saturated rings. The lowest BCUT2D eigenvalue weighted by Gasteiger charge is -2.61. The van der Waals surface area contributed by atoms with E-state index in [0.29, 0.717) is 37.3 Å². The van der Waals surface area contributed by atoms with Gasteiger partial charge < -0.3 is 29.3 Å². The zero-order valence-corrected chi connectivity index (χ0v) is 24.5. The van der Waals surface area contributed by atoms with Crippen molar-refractivity contribution in [1.82, 2.24) is 4.90 Å². The first-order chi connectivity index (χ1) is 18.3. The minimum atomic E-state index is -1.39. The van der Waals surface area contributed by atoms with Crippen molar-refractivity contribution >= 4 is 5.97 Å². The average Bonchev–Trinajstić information content (AvgIpc) is 2.85. The lowest BCUT2D eigenvalue weighted by atomic mass is 9.50. The van der Waals surface area contributed by atoms with Gasteiger partial charge in [0, 0.05) is 29.2 Å². The summed E-state index contributed by atoms with van der Waals surface area (Å²) in [5.74, 6) is -0.166. The van der Waals surface area contributed by atoms with Crippen molar-refractivity contribution in [3.63, 3.8) is 0 Å². The second-order valence-electron chi connectivity index (χ2n) is 13.2. The van der Waals surface area contributed by atoms with Gasteiger partial charge in [0.25, 0.3) is 0 Å². The van der Waals surface area contributed by atoms with E-state index in [4.69, 9.17) is 14.2 Å². The van der Waals surface area contributed by atoms with E-state index in [-0.39, 0.29) is 24.0 Å². The Labute approximate surface area is 232 Å². The smallest absolute Gasteiger partial charge is 0.343 e. The molecule has 2 unspecified atom stereocenters. The average molecular weight is 540 g/mol. The molecule has 7 nitrogen and oxygen atoms in total. The Kier molecular flexibility index (Phi) is 7.39. The topological polar surface area (TPSA) is 88.5 Å². The number of carbonyl (C=O) groups is 1. The normalized spacial score (nSPS) is 38.2. The molecule has 5 rings (SSSR count). The number of nitrogens with zero attached hydrogens (tertiary/aromatic N) is 1.